The molecule has 1 aromatic carbocycles. The molecule has 0 aromatic heterocycles. The standard InChI is InChI=1S/C11H12N2O2S/c12-9(11(14)15)5-7-6-13-16-10-4-2-1-3-8(7)10/h1-4,6,9,13H,5,12H2,(H,14,15). The van der Waals surface area contributed by atoms with Crippen molar-refractivity contribution in [2.45, 2.75) is 17.4 Å². The molecular weight excluding hydrogens is 224 g/mol. The first-order valence-corrected chi connectivity index (χ1v) is 5.69. The highest BCUT2D eigenvalue weighted by Gasteiger charge is 2.18. The van der Waals surface area contributed by atoms with Crippen LogP contribution in [0.3, 0.4) is 0 Å². The Kier molecular flexibility index (Phi) is 3.17. The van der Waals surface area contributed by atoms with Crippen molar-refractivity contribution < 1.29 is 9.90 Å². The summed E-state index contributed by atoms with van der Waals surface area (Å²) >= 11 is 1.51. The number of carboxylic acid groups (broad SMARTS) is 1. The van der Waals surface area contributed by atoms with E-state index in [0.29, 0.717) is 6.42 Å². The van der Waals surface area contributed by atoms with Crippen molar-refractivity contribution in [3.63, 3.8) is 0 Å². The van der Waals surface area contributed by atoms with Crippen molar-refractivity contribution in [1.29, 1.82) is 0 Å². The van der Waals surface area contributed by atoms with Crippen LogP contribution in [0.1, 0.15) is 12.0 Å². The number of nitrogens with one attached hydrogen (secondary N) is 1. The maximum Gasteiger partial charge on any atom is 0.320 e. The maximum atomic E-state index is 10.7. The van der Waals surface area contributed by atoms with Gasteiger partial charge in [-0.2, -0.15) is 0 Å². The third kappa shape index (κ3) is 2.20. The summed E-state index contributed by atoms with van der Waals surface area (Å²) in [6.07, 6.45) is 2.15. The molecule has 5 heteroatoms. The fraction of sp³-hybridized carbons (Fsp3) is 0.182. The third-order valence-corrected chi connectivity index (χ3v) is 3.20. The van der Waals surface area contributed by atoms with Crippen LogP contribution >= 0.6 is 11.9 Å². The first kappa shape index (κ1) is 11.0. The van der Waals surface area contributed by atoms with Crippen LogP contribution in [0.25, 0.3) is 5.57 Å². The second-order valence-electron chi connectivity index (χ2n) is 3.53. The van der Waals surface area contributed by atoms with Crippen LogP contribution in [-0.2, 0) is 4.79 Å². The Morgan fingerprint density at radius 3 is 3.00 bits per heavy atom. The van der Waals surface area contributed by atoms with E-state index < -0.39 is 12.0 Å². The summed E-state index contributed by atoms with van der Waals surface area (Å²) in [6, 6.07) is 7.00. The predicted molar refractivity (Wildman–Crippen MR) is 63.6 cm³/mol. The average Bonchev–Trinajstić information content (AvgIpc) is 2.29. The van der Waals surface area contributed by atoms with E-state index in [1.807, 2.05) is 30.5 Å². The van der Waals surface area contributed by atoms with E-state index in [1.54, 1.807) is 0 Å². The van der Waals surface area contributed by atoms with Gasteiger partial charge in [0.25, 0.3) is 0 Å². The van der Waals surface area contributed by atoms with Crippen LogP contribution in [0.2, 0.25) is 0 Å². The quantitative estimate of drug-likeness (QED) is 0.692. The fourth-order valence-electron chi connectivity index (χ4n) is 1.56. The van der Waals surface area contributed by atoms with E-state index in [2.05, 4.69) is 4.72 Å². The van der Waals surface area contributed by atoms with Crippen LogP contribution in [0.15, 0.2) is 35.4 Å². The Morgan fingerprint density at radius 2 is 2.25 bits per heavy atom. The summed E-state index contributed by atoms with van der Waals surface area (Å²) in [4.78, 5) is 11.8. The SMILES string of the molecule is NC(CC1=CNSc2ccccc21)C(=O)O. The van der Waals surface area contributed by atoms with Crippen molar-refractivity contribution in [3.05, 3.63) is 36.0 Å². The zero-order valence-electron chi connectivity index (χ0n) is 8.51. The van der Waals surface area contributed by atoms with Crippen LogP contribution in [-0.4, -0.2) is 17.1 Å². The number of hydrogen-bond donors (Lipinski definition) is 3. The van der Waals surface area contributed by atoms with Gasteiger partial charge in [-0.25, -0.2) is 0 Å². The van der Waals surface area contributed by atoms with E-state index in [4.69, 9.17) is 10.8 Å². The molecule has 0 amide bonds. The highest BCUT2D eigenvalue weighted by molar-refractivity contribution is 7.97. The van der Waals surface area contributed by atoms with E-state index in [1.165, 1.54) is 11.9 Å². The minimum atomic E-state index is -0.975. The summed E-state index contributed by atoms with van der Waals surface area (Å²) < 4.78 is 3.04. The van der Waals surface area contributed by atoms with Gasteiger partial charge in [0.1, 0.15) is 6.04 Å². The number of hydrogen-bond acceptors (Lipinski definition) is 4. The van der Waals surface area contributed by atoms with E-state index in [-0.39, 0.29) is 0 Å². The molecule has 1 unspecified atom stereocenters. The average molecular weight is 236 g/mol. The van der Waals surface area contributed by atoms with Gasteiger partial charge in [0.05, 0.1) is 0 Å². The van der Waals surface area contributed by atoms with Gasteiger partial charge in [-0.1, -0.05) is 18.2 Å². The Labute approximate surface area is 97.7 Å². The molecule has 0 fully saturated rings. The van der Waals surface area contributed by atoms with Crippen molar-refractivity contribution in [2.24, 2.45) is 5.73 Å². The topological polar surface area (TPSA) is 75.3 Å². The van der Waals surface area contributed by atoms with Crippen molar-refractivity contribution in [1.82, 2.24) is 4.72 Å². The number of carbonyl (C=O) groups is 1. The lowest BCUT2D eigenvalue weighted by atomic mass is 10.00. The molecular formula is C11H12N2O2S. The van der Waals surface area contributed by atoms with Crippen molar-refractivity contribution in [2.75, 3.05) is 0 Å². The van der Waals surface area contributed by atoms with Crippen LogP contribution in [0.4, 0.5) is 0 Å². The molecule has 1 atom stereocenters. The second-order valence-corrected chi connectivity index (χ2v) is 4.41. The van der Waals surface area contributed by atoms with E-state index >= 15 is 0 Å². The van der Waals surface area contributed by atoms with Gasteiger partial charge < -0.3 is 15.6 Å². The largest absolute Gasteiger partial charge is 0.480 e. The van der Waals surface area contributed by atoms with E-state index in [0.717, 1.165) is 16.0 Å². The number of carboxylic acids is 1. The molecule has 0 spiro atoms. The lowest BCUT2D eigenvalue weighted by Crippen LogP contribution is -2.30. The lowest BCUT2D eigenvalue weighted by molar-refractivity contribution is -0.138. The first-order chi connectivity index (χ1) is 7.68. The van der Waals surface area contributed by atoms with Gasteiger partial charge in [0, 0.05) is 17.5 Å². The molecule has 4 nitrogen and oxygen atoms in total. The molecule has 84 valence electrons. The molecule has 1 aliphatic rings. The Morgan fingerprint density at radius 1 is 1.50 bits per heavy atom. The minimum absolute atomic E-state index is 0.333. The maximum absolute atomic E-state index is 10.7. The molecule has 0 bridgehead atoms. The molecule has 2 rings (SSSR count). The molecule has 1 aromatic rings. The molecule has 0 aliphatic carbocycles. The summed E-state index contributed by atoms with van der Waals surface area (Å²) in [6.45, 7) is 0. The predicted octanol–water partition coefficient (Wildman–Crippen LogP) is 1.44. The Balaban J connectivity index is 2.23. The Bertz CT molecular complexity index is 445. The van der Waals surface area contributed by atoms with Crippen molar-refractivity contribution >= 4 is 23.5 Å². The van der Waals surface area contributed by atoms with Crippen LogP contribution in [0.5, 0.6) is 0 Å². The minimum Gasteiger partial charge on any atom is -0.480 e. The number of rotatable bonds is 3. The molecule has 0 saturated carbocycles. The molecule has 1 aliphatic heterocycles. The van der Waals surface area contributed by atoms with Crippen LogP contribution < -0.4 is 10.5 Å². The zero-order chi connectivity index (χ0) is 11.5. The summed E-state index contributed by atoms with van der Waals surface area (Å²) in [5, 5.41) is 8.78. The molecule has 4 N–H and O–H groups in total. The number of benzene rings is 1. The highest BCUT2D eigenvalue weighted by Crippen LogP contribution is 2.32. The second kappa shape index (κ2) is 4.59. The molecule has 0 radical (unpaired) electrons. The van der Waals surface area contributed by atoms with Crippen molar-refractivity contribution in [3.8, 4) is 0 Å². The highest BCUT2D eigenvalue weighted by atomic mass is 32.2. The number of fused-ring (bicyclic) bond motifs is 1. The normalized spacial score (nSPS) is 15.7. The summed E-state index contributed by atoms with van der Waals surface area (Å²) in [7, 11) is 0. The van der Waals surface area contributed by atoms with Gasteiger partial charge >= 0.3 is 5.97 Å². The molecule has 16 heavy (non-hydrogen) atoms. The van der Waals surface area contributed by atoms with Gasteiger partial charge in [0.2, 0.25) is 0 Å². The summed E-state index contributed by atoms with van der Waals surface area (Å²) in [5.74, 6) is -0.975. The van der Waals surface area contributed by atoms with Gasteiger partial charge in [-0.05, 0) is 29.2 Å². The first-order valence-electron chi connectivity index (χ1n) is 4.87. The number of nitrogens with two attached hydrogens (primary N) is 1. The summed E-state index contributed by atoms with van der Waals surface area (Å²) in [5.41, 5.74) is 7.52. The lowest BCUT2D eigenvalue weighted by Gasteiger charge is -2.19. The fourth-order valence-corrected chi connectivity index (χ4v) is 2.34. The third-order valence-electron chi connectivity index (χ3n) is 2.39. The molecule has 1 heterocycles. The zero-order valence-corrected chi connectivity index (χ0v) is 9.33. The van der Waals surface area contributed by atoms with Gasteiger partial charge in [0.15, 0.2) is 0 Å². The number of aliphatic carboxylic acids is 1. The monoisotopic (exact) mass is 236 g/mol. The van der Waals surface area contributed by atoms with Gasteiger partial charge in [-0.15, -0.1) is 0 Å². The van der Waals surface area contributed by atoms with Crippen LogP contribution in [0, 0.1) is 0 Å². The smallest absolute Gasteiger partial charge is 0.320 e. The molecule has 0 saturated heterocycles. The van der Waals surface area contributed by atoms with Gasteiger partial charge in [-0.3, -0.25) is 4.79 Å². The Hall–Kier alpha value is -1.46. The van der Waals surface area contributed by atoms with E-state index in [9.17, 15) is 4.79 Å².